The second-order valence-electron chi connectivity index (χ2n) is 9.00. The number of carbonyl (C=O) groups excluding carboxylic acids is 2. The molecular formula is C19H28N7O12P. The van der Waals surface area contributed by atoms with Gasteiger partial charge in [0.2, 0.25) is 6.17 Å². The molecule has 39 heavy (non-hydrogen) atoms. The van der Waals surface area contributed by atoms with Crippen molar-refractivity contribution in [3.8, 4) is 0 Å². The molecule has 0 bridgehead atoms. The number of phosphoric acid groups is 1. The second kappa shape index (κ2) is 11.1. The van der Waals surface area contributed by atoms with E-state index in [4.69, 9.17) is 30.0 Å². The fourth-order valence-corrected chi connectivity index (χ4v) is 5.33. The maximum atomic E-state index is 12.7. The van der Waals surface area contributed by atoms with E-state index in [1.54, 1.807) is 0 Å². The number of amides is 3. The molecule has 8 atom stereocenters. The molecule has 4 rings (SSSR count). The number of aliphatic imine (C=N–C) groups is 1. The van der Waals surface area contributed by atoms with E-state index in [2.05, 4.69) is 9.98 Å². The molecule has 3 aliphatic rings. The number of aromatic nitrogens is 2. The molecule has 0 aliphatic carbocycles. The third-order valence-corrected chi connectivity index (χ3v) is 7.25. The lowest BCUT2D eigenvalue weighted by Crippen LogP contribution is -2.44. The highest BCUT2D eigenvalue weighted by atomic mass is 31.2. The molecule has 2 unspecified atom stereocenters. The van der Waals surface area contributed by atoms with E-state index >= 15 is 0 Å². The van der Waals surface area contributed by atoms with Crippen molar-refractivity contribution in [1.82, 2.24) is 19.8 Å². The number of aromatic amines is 1. The van der Waals surface area contributed by atoms with Gasteiger partial charge in [-0.15, -0.1) is 0 Å². The average Bonchev–Trinajstić information content (AvgIpc) is 3.49. The Morgan fingerprint density at radius 2 is 1.90 bits per heavy atom. The highest BCUT2D eigenvalue weighted by molar-refractivity contribution is 7.47. The fraction of sp³-hybridized carbons (Fsp3) is 0.632. The van der Waals surface area contributed by atoms with E-state index in [1.165, 1.54) is 13.1 Å². The number of aliphatic hydroxyl groups excluding tert-OH is 2. The van der Waals surface area contributed by atoms with Crippen LogP contribution in [0.15, 0.2) is 20.8 Å². The number of nitrogens with two attached hydrogens (primary N) is 2. The lowest BCUT2D eigenvalue weighted by molar-refractivity contribution is -0.124. The Labute approximate surface area is 218 Å². The summed E-state index contributed by atoms with van der Waals surface area (Å²) >= 11 is 0. The van der Waals surface area contributed by atoms with Gasteiger partial charge in [0, 0.05) is 24.6 Å². The summed E-state index contributed by atoms with van der Waals surface area (Å²) in [6, 6.07) is -0.889. The molecule has 0 spiro atoms. The predicted molar refractivity (Wildman–Crippen MR) is 127 cm³/mol. The minimum absolute atomic E-state index is 0.0751. The summed E-state index contributed by atoms with van der Waals surface area (Å²) in [5.74, 6) is -1.31. The van der Waals surface area contributed by atoms with Crippen LogP contribution in [-0.2, 0) is 27.9 Å². The highest BCUT2D eigenvalue weighted by Crippen LogP contribution is 2.48. The number of nitrogens with zero attached hydrogens (tertiary/aromatic N) is 3. The Kier molecular flexibility index (Phi) is 8.24. The van der Waals surface area contributed by atoms with Crippen molar-refractivity contribution in [2.75, 3.05) is 13.2 Å². The minimum Gasteiger partial charge on any atom is -0.394 e. The van der Waals surface area contributed by atoms with Gasteiger partial charge >= 0.3 is 19.5 Å². The fourth-order valence-electron chi connectivity index (χ4n) is 4.37. The minimum atomic E-state index is -4.86. The summed E-state index contributed by atoms with van der Waals surface area (Å²) in [4.78, 5) is 65.0. The topological polar surface area (TPSA) is 283 Å². The number of imide groups is 1. The van der Waals surface area contributed by atoms with Crippen molar-refractivity contribution < 1.29 is 47.8 Å². The zero-order valence-corrected chi connectivity index (χ0v) is 21.3. The molecule has 1 aromatic heterocycles. The van der Waals surface area contributed by atoms with Crippen LogP contribution in [0.3, 0.4) is 0 Å². The van der Waals surface area contributed by atoms with E-state index in [1.807, 2.05) is 5.32 Å². The molecule has 3 fully saturated rings. The number of hydrogen-bond acceptors (Lipinski definition) is 12. The largest absolute Gasteiger partial charge is 0.472 e. The number of aryl methyl sites for hydroxylation is 1. The van der Waals surface area contributed by atoms with Crippen LogP contribution >= 0.6 is 7.82 Å². The number of rotatable bonds is 9. The quantitative estimate of drug-likeness (QED) is 0.0643. The van der Waals surface area contributed by atoms with Gasteiger partial charge in [-0.2, -0.15) is 0 Å². The molecule has 20 heteroatoms. The molecular weight excluding hydrogens is 549 g/mol. The number of urea groups is 1. The van der Waals surface area contributed by atoms with E-state index in [-0.39, 0.29) is 18.4 Å². The molecule has 216 valence electrons. The van der Waals surface area contributed by atoms with Gasteiger partial charge in [0.05, 0.1) is 19.3 Å². The Hall–Kier alpha value is -3.16. The van der Waals surface area contributed by atoms with E-state index < -0.39 is 93.2 Å². The van der Waals surface area contributed by atoms with Crippen LogP contribution in [0, 0.1) is 6.92 Å². The van der Waals surface area contributed by atoms with Crippen molar-refractivity contribution in [1.29, 1.82) is 0 Å². The molecule has 0 radical (unpaired) electrons. The predicted octanol–water partition coefficient (Wildman–Crippen LogP) is -3.75. The first-order valence-electron chi connectivity index (χ1n) is 11.6. The van der Waals surface area contributed by atoms with Crippen molar-refractivity contribution in [3.63, 3.8) is 0 Å². The molecule has 3 amide bonds. The molecule has 3 saturated heterocycles. The second-order valence-corrected chi connectivity index (χ2v) is 10.4. The molecule has 9 N–H and O–H groups in total. The summed E-state index contributed by atoms with van der Waals surface area (Å²) in [6.45, 7) is 0.169. The molecule has 4 heterocycles. The lowest BCUT2D eigenvalue weighted by Gasteiger charge is -2.25. The smallest absolute Gasteiger partial charge is 0.394 e. The number of carbonyl (C=O) groups is 2. The number of guanidine groups is 1. The Morgan fingerprint density at radius 1 is 1.21 bits per heavy atom. The van der Waals surface area contributed by atoms with Gasteiger partial charge in [-0.05, 0) is 6.92 Å². The number of ether oxygens (including phenoxy) is 2. The Balaban J connectivity index is 1.38. The normalized spacial score (nSPS) is 32.3. The third kappa shape index (κ3) is 6.20. The van der Waals surface area contributed by atoms with Crippen molar-refractivity contribution in [2.24, 2.45) is 16.5 Å². The van der Waals surface area contributed by atoms with Crippen LogP contribution in [0.25, 0.3) is 0 Å². The summed E-state index contributed by atoms with van der Waals surface area (Å²) in [7, 11) is -4.86. The Bertz CT molecular complexity index is 1310. The van der Waals surface area contributed by atoms with Gasteiger partial charge in [-0.25, -0.2) is 19.1 Å². The van der Waals surface area contributed by atoms with Crippen molar-refractivity contribution in [2.45, 2.75) is 62.8 Å². The zero-order chi connectivity index (χ0) is 28.6. The SMILES string of the molecule is Cc1cn([C@H]2C[C@H](O)[C@@H](COP(=O)(O)O[C@H]3C[C@H](N4C(=O)NC(=O)C4N=C(N)N)O[C@@H]3CO)O2)c(=O)[nH]c1=O. The van der Waals surface area contributed by atoms with Crippen LogP contribution in [0.1, 0.15) is 24.6 Å². The molecule has 0 aromatic carbocycles. The first-order chi connectivity index (χ1) is 18.3. The highest BCUT2D eigenvalue weighted by Gasteiger charge is 2.50. The zero-order valence-electron chi connectivity index (χ0n) is 20.4. The first-order valence-corrected chi connectivity index (χ1v) is 13.1. The van der Waals surface area contributed by atoms with Crippen LogP contribution in [0.5, 0.6) is 0 Å². The molecule has 0 saturated carbocycles. The summed E-state index contributed by atoms with van der Waals surface area (Å²) in [5, 5.41) is 22.0. The number of hydrogen-bond donors (Lipinski definition) is 7. The summed E-state index contributed by atoms with van der Waals surface area (Å²) < 4.78 is 35.0. The summed E-state index contributed by atoms with van der Waals surface area (Å²) in [5.41, 5.74) is 9.54. The lowest BCUT2D eigenvalue weighted by atomic mass is 10.2. The van der Waals surface area contributed by atoms with Crippen LogP contribution < -0.4 is 28.0 Å². The average molecular weight is 577 g/mol. The number of H-pyrrole nitrogens is 1. The third-order valence-electron chi connectivity index (χ3n) is 6.24. The van der Waals surface area contributed by atoms with Crippen LogP contribution in [0.2, 0.25) is 0 Å². The van der Waals surface area contributed by atoms with E-state index in [9.17, 15) is 38.8 Å². The molecule has 1 aromatic rings. The van der Waals surface area contributed by atoms with Gasteiger partial charge in [0.25, 0.3) is 11.5 Å². The van der Waals surface area contributed by atoms with Crippen molar-refractivity contribution in [3.05, 3.63) is 32.6 Å². The van der Waals surface area contributed by atoms with E-state index in [0.29, 0.717) is 0 Å². The van der Waals surface area contributed by atoms with Gasteiger partial charge in [-0.1, -0.05) is 0 Å². The van der Waals surface area contributed by atoms with E-state index in [0.717, 1.165) is 9.47 Å². The van der Waals surface area contributed by atoms with Crippen LogP contribution in [-0.4, -0.2) is 97.5 Å². The summed E-state index contributed by atoms with van der Waals surface area (Å²) in [6.07, 6.45) is -7.55. The van der Waals surface area contributed by atoms with Gasteiger partial charge in [-0.3, -0.25) is 38.4 Å². The first kappa shape index (κ1) is 28.8. The van der Waals surface area contributed by atoms with Gasteiger partial charge < -0.3 is 36.0 Å². The van der Waals surface area contributed by atoms with Gasteiger partial charge in [0.1, 0.15) is 30.8 Å². The Morgan fingerprint density at radius 3 is 2.56 bits per heavy atom. The monoisotopic (exact) mass is 577 g/mol. The molecule has 19 nitrogen and oxygen atoms in total. The standard InChI is InChI=1S/C19H28N7O12P/c1-7-4-25(18(31)23-15(7)29)12-2-8(28)11(37-12)6-35-39(33,34)38-9-3-13(36-10(9)5-27)26-14(22-17(20)21)16(30)24-19(26)32/h4,8-14,27-28H,2-3,5-6H2,1H3,(H,33,34)(H4,20,21,22)(H,23,29,31)(H,24,30,32)/t8-,9-,10+,11+,12+,13+,14?/m0/s1. The maximum absolute atomic E-state index is 12.7. The maximum Gasteiger partial charge on any atom is 0.472 e. The van der Waals surface area contributed by atoms with Crippen molar-refractivity contribution >= 4 is 25.7 Å². The number of aliphatic hydroxyl groups is 2. The number of phosphoric ester groups is 1. The molecule has 3 aliphatic heterocycles. The van der Waals surface area contributed by atoms with Crippen LogP contribution in [0.4, 0.5) is 4.79 Å². The van der Waals surface area contributed by atoms with Gasteiger partial charge in [0.15, 0.2) is 5.96 Å². The number of nitrogens with one attached hydrogen (secondary N) is 2.